The SMILES string of the molecule is C=C1CCCC[C@]12CCC[C@@H]2CI. The van der Waals surface area contributed by atoms with E-state index in [1.165, 1.54) is 49.4 Å². The molecule has 13 heavy (non-hydrogen) atoms. The molecule has 74 valence electrons. The largest absolute Gasteiger partial charge is 0.0993 e. The maximum absolute atomic E-state index is 4.34. The predicted molar refractivity (Wildman–Crippen MR) is 66.3 cm³/mol. The lowest BCUT2D eigenvalue weighted by Gasteiger charge is -2.40. The van der Waals surface area contributed by atoms with Crippen LogP contribution in [0.15, 0.2) is 12.2 Å². The summed E-state index contributed by atoms with van der Waals surface area (Å²) < 4.78 is 1.34. The van der Waals surface area contributed by atoms with Gasteiger partial charge in [0.25, 0.3) is 0 Å². The molecule has 2 rings (SSSR count). The predicted octanol–water partition coefficient (Wildman–Crippen LogP) is 4.34. The molecule has 1 heteroatoms. The summed E-state index contributed by atoms with van der Waals surface area (Å²) in [6.07, 6.45) is 9.96. The van der Waals surface area contributed by atoms with Gasteiger partial charge in [0.15, 0.2) is 0 Å². The van der Waals surface area contributed by atoms with E-state index in [9.17, 15) is 0 Å². The molecule has 2 atom stereocenters. The van der Waals surface area contributed by atoms with Crippen molar-refractivity contribution in [1.82, 2.24) is 0 Å². The number of hydrogen-bond acceptors (Lipinski definition) is 0. The normalized spacial score (nSPS) is 40.1. The monoisotopic (exact) mass is 290 g/mol. The topological polar surface area (TPSA) is 0 Å². The maximum atomic E-state index is 4.34. The molecular weight excluding hydrogens is 271 g/mol. The number of rotatable bonds is 1. The highest BCUT2D eigenvalue weighted by molar-refractivity contribution is 14.1. The third kappa shape index (κ3) is 1.57. The minimum Gasteiger partial charge on any atom is -0.0993 e. The lowest BCUT2D eigenvalue weighted by Crippen LogP contribution is -2.31. The Hall–Kier alpha value is 0.470. The fourth-order valence-corrected chi connectivity index (χ4v) is 4.65. The summed E-state index contributed by atoms with van der Waals surface area (Å²) in [5.41, 5.74) is 2.19. The van der Waals surface area contributed by atoms with Gasteiger partial charge in [-0.15, -0.1) is 0 Å². The molecule has 0 heterocycles. The van der Waals surface area contributed by atoms with Gasteiger partial charge in [0.2, 0.25) is 0 Å². The zero-order chi connectivity index (χ0) is 9.31. The lowest BCUT2D eigenvalue weighted by molar-refractivity contribution is 0.218. The highest BCUT2D eigenvalue weighted by Gasteiger charge is 2.44. The Morgan fingerprint density at radius 1 is 1.31 bits per heavy atom. The summed E-state index contributed by atoms with van der Waals surface area (Å²) in [5.74, 6) is 0.959. The first-order valence-corrected chi connectivity index (χ1v) is 7.06. The Morgan fingerprint density at radius 2 is 2.08 bits per heavy atom. The molecule has 0 N–H and O–H groups in total. The van der Waals surface area contributed by atoms with Crippen molar-refractivity contribution in [3.05, 3.63) is 12.2 Å². The van der Waals surface area contributed by atoms with E-state index in [0.717, 1.165) is 5.92 Å². The lowest BCUT2D eigenvalue weighted by atomic mass is 9.65. The fraction of sp³-hybridized carbons (Fsp3) is 0.833. The molecule has 0 aliphatic heterocycles. The van der Waals surface area contributed by atoms with Gasteiger partial charge in [-0.05, 0) is 43.4 Å². The third-order valence-electron chi connectivity index (χ3n) is 4.20. The van der Waals surface area contributed by atoms with Crippen molar-refractivity contribution in [2.45, 2.75) is 44.9 Å². The van der Waals surface area contributed by atoms with Crippen molar-refractivity contribution < 1.29 is 0 Å². The Labute approximate surface area is 95.3 Å². The molecule has 0 amide bonds. The van der Waals surface area contributed by atoms with Crippen molar-refractivity contribution in [2.24, 2.45) is 11.3 Å². The van der Waals surface area contributed by atoms with E-state index in [-0.39, 0.29) is 0 Å². The number of hydrogen-bond donors (Lipinski definition) is 0. The van der Waals surface area contributed by atoms with Crippen molar-refractivity contribution in [3.8, 4) is 0 Å². The molecular formula is C12H19I. The van der Waals surface area contributed by atoms with Crippen LogP contribution in [0.5, 0.6) is 0 Å². The van der Waals surface area contributed by atoms with Gasteiger partial charge in [-0.3, -0.25) is 0 Å². The molecule has 1 spiro atoms. The zero-order valence-electron chi connectivity index (χ0n) is 8.32. The Kier molecular flexibility index (Phi) is 3.01. The minimum atomic E-state index is 0.597. The summed E-state index contributed by atoms with van der Waals surface area (Å²) in [6, 6.07) is 0. The molecule has 0 unspecified atom stereocenters. The maximum Gasteiger partial charge on any atom is 0.00320 e. The highest BCUT2D eigenvalue weighted by Crippen LogP contribution is 2.55. The molecule has 0 nitrogen and oxygen atoms in total. The summed E-state index contributed by atoms with van der Waals surface area (Å²) in [6.45, 7) is 4.34. The third-order valence-corrected chi connectivity index (χ3v) is 5.26. The van der Waals surface area contributed by atoms with Crippen LogP contribution < -0.4 is 0 Å². The van der Waals surface area contributed by atoms with Gasteiger partial charge in [-0.1, -0.05) is 47.6 Å². The summed E-state index contributed by atoms with van der Waals surface area (Å²) in [5, 5.41) is 0. The quantitative estimate of drug-likeness (QED) is 0.383. The van der Waals surface area contributed by atoms with E-state index in [1.807, 2.05) is 0 Å². The van der Waals surface area contributed by atoms with Crippen LogP contribution >= 0.6 is 22.6 Å². The molecule has 0 aromatic heterocycles. The van der Waals surface area contributed by atoms with Crippen LogP contribution in [-0.4, -0.2) is 4.43 Å². The molecule has 0 aromatic carbocycles. The number of halogens is 1. The van der Waals surface area contributed by atoms with Crippen LogP contribution in [-0.2, 0) is 0 Å². The van der Waals surface area contributed by atoms with E-state index in [2.05, 4.69) is 29.2 Å². The molecule has 2 aliphatic carbocycles. The van der Waals surface area contributed by atoms with Crippen molar-refractivity contribution in [2.75, 3.05) is 4.43 Å². The number of allylic oxidation sites excluding steroid dienone is 1. The standard InChI is InChI=1S/C12H19I/c1-10-5-2-3-7-12(10)8-4-6-11(12)9-13/h11H,1-9H2/t11-,12+/m1/s1. The van der Waals surface area contributed by atoms with Crippen LogP contribution in [0.3, 0.4) is 0 Å². The highest BCUT2D eigenvalue weighted by atomic mass is 127. The first-order chi connectivity index (χ1) is 6.29. The number of alkyl halides is 1. The molecule has 2 saturated carbocycles. The van der Waals surface area contributed by atoms with Gasteiger partial charge in [0, 0.05) is 4.43 Å². The van der Waals surface area contributed by atoms with Crippen LogP contribution in [0, 0.1) is 11.3 Å². The Bertz CT molecular complexity index is 209. The summed E-state index contributed by atoms with van der Waals surface area (Å²) in [7, 11) is 0. The Balaban J connectivity index is 2.20. The molecule has 2 aliphatic rings. The minimum absolute atomic E-state index is 0.597. The van der Waals surface area contributed by atoms with Gasteiger partial charge in [-0.2, -0.15) is 0 Å². The first kappa shape index (κ1) is 10.0. The van der Waals surface area contributed by atoms with E-state index in [0.29, 0.717) is 5.41 Å². The van der Waals surface area contributed by atoms with Gasteiger partial charge < -0.3 is 0 Å². The van der Waals surface area contributed by atoms with E-state index >= 15 is 0 Å². The second-order valence-electron chi connectivity index (χ2n) is 4.71. The van der Waals surface area contributed by atoms with Crippen LogP contribution in [0.4, 0.5) is 0 Å². The Morgan fingerprint density at radius 3 is 2.77 bits per heavy atom. The fourth-order valence-electron chi connectivity index (χ4n) is 3.37. The van der Waals surface area contributed by atoms with Crippen LogP contribution in [0.2, 0.25) is 0 Å². The van der Waals surface area contributed by atoms with Gasteiger partial charge in [0.05, 0.1) is 0 Å². The molecule has 0 aromatic rings. The van der Waals surface area contributed by atoms with E-state index < -0.39 is 0 Å². The first-order valence-electron chi connectivity index (χ1n) is 5.54. The molecule has 2 fully saturated rings. The summed E-state index contributed by atoms with van der Waals surface area (Å²) >= 11 is 2.57. The van der Waals surface area contributed by atoms with Crippen molar-refractivity contribution >= 4 is 22.6 Å². The molecule has 0 saturated heterocycles. The van der Waals surface area contributed by atoms with Crippen LogP contribution in [0.25, 0.3) is 0 Å². The van der Waals surface area contributed by atoms with Gasteiger partial charge >= 0.3 is 0 Å². The smallest absolute Gasteiger partial charge is 0.00320 e. The zero-order valence-corrected chi connectivity index (χ0v) is 10.5. The molecule has 0 bridgehead atoms. The van der Waals surface area contributed by atoms with Gasteiger partial charge in [0.1, 0.15) is 0 Å². The van der Waals surface area contributed by atoms with E-state index in [1.54, 1.807) is 5.57 Å². The second-order valence-corrected chi connectivity index (χ2v) is 5.59. The van der Waals surface area contributed by atoms with Crippen molar-refractivity contribution in [1.29, 1.82) is 0 Å². The van der Waals surface area contributed by atoms with Gasteiger partial charge in [-0.25, -0.2) is 0 Å². The van der Waals surface area contributed by atoms with E-state index in [4.69, 9.17) is 0 Å². The van der Waals surface area contributed by atoms with Crippen LogP contribution in [0.1, 0.15) is 44.9 Å². The molecule has 0 radical (unpaired) electrons. The second kappa shape index (κ2) is 3.92. The summed E-state index contributed by atoms with van der Waals surface area (Å²) in [4.78, 5) is 0. The average molecular weight is 290 g/mol. The average Bonchev–Trinajstić information content (AvgIpc) is 2.55. The van der Waals surface area contributed by atoms with Crippen molar-refractivity contribution in [3.63, 3.8) is 0 Å².